The van der Waals surface area contributed by atoms with Crippen LogP contribution in [0.15, 0.2) is 0 Å². The van der Waals surface area contributed by atoms with E-state index in [2.05, 4.69) is 25.4 Å². The summed E-state index contributed by atoms with van der Waals surface area (Å²) >= 11 is 8.10. The zero-order chi connectivity index (χ0) is 7.11. The van der Waals surface area contributed by atoms with Crippen molar-refractivity contribution in [2.45, 2.75) is 0 Å². The van der Waals surface area contributed by atoms with Gasteiger partial charge in [-0.05, 0) is 0 Å². The highest BCUT2D eigenvalue weighted by Crippen LogP contribution is 1.88. The Hall–Kier alpha value is 0.0400. The number of rotatable bonds is 3. The van der Waals surface area contributed by atoms with Crippen molar-refractivity contribution >= 4 is 33.7 Å². The topological polar surface area (TPSA) is 35.5 Å². The summed E-state index contributed by atoms with van der Waals surface area (Å²) in [4.78, 5) is 10.3. The molecule has 0 amide bonds. The van der Waals surface area contributed by atoms with E-state index in [0.29, 0.717) is 11.9 Å². The van der Waals surface area contributed by atoms with Gasteiger partial charge < -0.3 is 9.47 Å². The van der Waals surface area contributed by atoms with Gasteiger partial charge >= 0.3 is 6.16 Å². The lowest BCUT2D eigenvalue weighted by atomic mass is 10.9. The minimum Gasteiger partial charge on any atom is -0.433 e. The van der Waals surface area contributed by atoms with Crippen molar-refractivity contribution in [1.29, 1.82) is 0 Å². The van der Waals surface area contributed by atoms with Gasteiger partial charge in [-0.1, -0.05) is 27.5 Å². The number of ether oxygens (including phenoxy) is 2. The Bertz CT molecular complexity index is 87.9. The molecule has 0 fully saturated rings. The Labute approximate surface area is 66.4 Å². The molecule has 0 saturated carbocycles. The van der Waals surface area contributed by atoms with Gasteiger partial charge in [-0.3, -0.25) is 0 Å². The molecule has 0 spiro atoms. The van der Waals surface area contributed by atoms with Crippen molar-refractivity contribution in [1.82, 2.24) is 0 Å². The summed E-state index contributed by atoms with van der Waals surface area (Å²) < 4.78 is 8.67. The molecular weight excluding hydrogens is 211 g/mol. The molecule has 0 unspecified atom stereocenters. The van der Waals surface area contributed by atoms with Crippen LogP contribution in [-0.4, -0.2) is 24.2 Å². The summed E-state index contributed by atoms with van der Waals surface area (Å²) in [6.07, 6.45) is -0.732. The van der Waals surface area contributed by atoms with Gasteiger partial charge in [-0.2, -0.15) is 0 Å². The Morgan fingerprint density at radius 1 is 1.56 bits per heavy atom. The molecule has 0 bridgehead atoms. The molecule has 9 heavy (non-hydrogen) atoms. The minimum atomic E-state index is -0.732. The fourth-order valence-corrected chi connectivity index (χ4v) is 0.459. The van der Waals surface area contributed by atoms with E-state index in [0.717, 1.165) is 0 Å². The molecule has 0 heterocycles. The van der Waals surface area contributed by atoms with Crippen LogP contribution in [0.2, 0.25) is 0 Å². The molecule has 0 saturated heterocycles. The summed E-state index contributed by atoms with van der Waals surface area (Å²) in [6.45, 7) is 0.301. The van der Waals surface area contributed by atoms with E-state index in [-0.39, 0.29) is 6.07 Å². The normalized spacial score (nSPS) is 8.67. The number of hydrogen-bond donors (Lipinski definition) is 0. The molecule has 0 aromatic carbocycles. The van der Waals surface area contributed by atoms with E-state index < -0.39 is 6.16 Å². The summed E-state index contributed by atoms with van der Waals surface area (Å²) in [5.74, 6) is 0. The first-order valence-corrected chi connectivity index (χ1v) is 3.88. The van der Waals surface area contributed by atoms with Gasteiger partial charge in [0.1, 0.15) is 6.61 Å². The van der Waals surface area contributed by atoms with E-state index in [9.17, 15) is 4.79 Å². The summed E-state index contributed by atoms with van der Waals surface area (Å²) in [6, 6.07) is -0.166. The van der Waals surface area contributed by atoms with Gasteiger partial charge in [-0.15, -0.1) is 0 Å². The number of carbonyl (C=O) groups excluding carboxylic acids is 1. The summed E-state index contributed by atoms with van der Waals surface area (Å²) in [5.41, 5.74) is 0. The van der Waals surface area contributed by atoms with Crippen LogP contribution in [0, 0.1) is 0 Å². The maximum atomic E-state index is 10.3. The van der Waals surface area contributed by atoms with Crippen LogP contribution in [0.25, 0.3) is 0 Å². The van der Waals surface area contributed by atoms with Crippen molar-refractivity contribution in [3.63, 3.8) is 0 Å². The van der Waals surface area contributed by atoms with Crippen LogP contribution >= 0.6 is 27.5 Å². The van der Waals surface area contributed by atoms with E-state index in [4.69, 9.17) is 11.6 Å². The number of hydrogen-bond acceptors (Lipinski definition) is 3. The lowest BCUT2D eigenvalue weighted by Gasteiger charge is -1.99. The van der Waals surface area contributed by atoms with Crippen molar-refractivity contribution in [3.05, 3.63) is 0 Å². The van der Waals surface area contributed by atoms with Gasteiger partial charge in [-0.25, -0.2) is 4.79 Å². The first-order chi connectivity index (χ1) is 4.31. The fourth-order valence-electron chi connectivity index (χ4n) is 0.208. The van der Waals surface area contributed by atoms with Gasteiger partial charge in [0.25, 0.3) is 0 Å². The Kier molecular flexibility index (Phi) is 6.19. The predicted molar refractivity (Wildman–Crippen MR) is 36.9 cm³/mol. The molecule has 0 atom stereocenters. The van der Waals surface area contributed by atoms with Crippen LogP contribution in [0.5, 0.6) is 0 Å². The van der Waals surface area contributed by atoms with E-state index >= 15 is 0 Å². The lowest BCUT2D eigenvalue weighted by molar-refractivity contribution is 0.0729. The molecule has 0 aromatic heterocycles. The highest BCUT2D eigenvalue weighted by Gasteiger charge is 1.99. The van der Waals surface area contributed by atoms with E-state index in [1.54, 1.807) is 0 Å². The zero-order valence-corrected chi connectivity index (χ0v) is 6.94. The number of halogens is 2. The van der Waals surface area contributed by atoms with Crippen molar-refractivity contribution in [2.75, 3.05) is 18.0 Å². The lowest BCUT2D eigenvalue weighted by Crippen LogP contribution is -2.07. The number of carbonyl (C=O) groups is 1. The summed E-state index contributed by atoms with van der Waals surface area (Å²) in [5, 5.41) is 0.602. The largest absolute Gasteiger partial charge is 0.509 e. The zero-order valence-electron chi connectivity index (χ0n) is 4.60. The number of alkyl halides is 2. The quantitative estimate of drug-likeness (QED) is 0.533. The second-order valence-electron chi connectivity index (χ2n) is 1.04. The fraction of sp³-hybridized carbons (Fsp3) is 0.750. The molecule has 0 rings (SSSR count). The standard InChI is InChI=1S/C4H6BrClO3/c5-1-2-8-4(7)9-3-6/h1-3H2. The van der Waals surface area contributed by atoms with Gasteiger partial charge in [0.15, 0.2) is 6.07 Å². The molecule has 0 N–H and O–H groups in total. The highest BCUT2D eigenvalue weighted by molar-refractivity contribution is 9.09. The average molecular weight is 217 g/mol. The van der Waals surface area contributed by atoms with Gasteiger partial charge in [0.2, 0.25) is 0 Å². The van der Waals surface area contributed by atoms with Crippen LogP contribution in [0.3, 0.4) is 0 Å². The van der Waals surface area contributed by atoms with Gasteiger partial charge in [0.05, 0.1) is 0 Å². The Balaban J connectivity index is 3.06. The van der Waals surface area contributed by atoms with Crippen molar-refractivity contribution in [3.8, 4) is 0 Å². The maximum absolute atomic E-state index is 10.3. The average Bonchev–Trinajstić information content (AvgIpc) is 1.85. The molecule has 5 heteroatoms. The third-order valence-corrected chi connectivity index (χ3v) is 0.902. The minimum absolute atomic E-state index is 0.166. The predicted octanol–water partition coefficient (Wildman–Crippen LogP) is 1.73. The van der Waals surface area contributed by atoms with Crippen LogP contribution < -0.4 is 0 Å². The molecule has 0 aromatic rings. The van der Waals surface area contributed by atoms with Crippen molar-refractivity contribution < 1.29 is 14.3 Å². The van der Waals surface area contributed by atoms with Crippen LogP contribution in [0.4, 0.5) is 4.79 Å². The van der Waals surface area contributed by atoms with Crippen LogP contribution in [-0.2, 0) is 9.47 Å². The van der Waals surface area contributed by atoms with Crippen molar-refractivity contribution in [2.24, 2.45) is 0 Å². The Morgan fingerprint density at radius 2 is 2.22 bits per heavy atom. The monoisotopic (exact) mass is 216 g/mol. The third-order valence-electron chi connectivity index (χ3n) is 0.469. The van der Waals surface area contributed by atoms with E-state index in [1.165, 1.54) is 0 Å². The molecule has 0 aliphatic heterocycles. The molecular formula is C4H6BrClO3. The first kappa shape index (κ1) is 9.04. The molecule has 3 nitrogen and oxygen atoms in total. The maximum Gasteiger partial charge on any atom is 0.509 e. The van der Waals surface area contributed by atoms with Gasteiger partial charge in [0, 0.05) is 5.33 Å². The molecule has 0 aliphatic rings. The molecule has 0 aliphatic carbocycles. The first-order valence-electron chi connectivity index (χ1n) is 2.22. The summed E-state index contributed by atoms with van der Waals surface area (Å²) in [7, 11) is 0. The highest BCUT2D eigenvalue weighted by atomic mass is 79.9. The third kappa shape index (κ3) is 5.92. The SMILES string of the molecule is O=C(OCCl)OCCBr. The molecule has 0 radical (unpaired) electrons. The second-order valence-corrected chi connectivity index (χ2v) is 2.05. The molecule has 54 valence electrons. The second kappa shape index (κ2) is 6.16. The van der Waals surface area contributed by atoms with E-state index in [1.807, 2.05) is 0 Å². The Morgan fingerprint density at radius 3 is 2.67 bits per heavy atom. The van der Waals surface area contributed by atoms with Crippen LogP contribution in [0.1, 0.15) is 0 Å². The smallest absolute Gasteiger partial charge is 0.433 e.